The molecule has 0 aliphatic carbocycles. The molecule has 2 saturated heterocycles. The van der Waals surface area contributed by atoms with E-state index in [9.17, 15) is 26.7 Å². The Kier molecular flexibility index (Phi) is 7.72. The molecule has 0 spiro atoms. The third-order valence-corrected chi connectivity index (χ3v) is 7.14. The third kappa shape index (κ3) is 5.27. The molecule has 1 N–H and O–H groups in total. The topological polar surface area (TPSA) is 72.9 Å². The van der Waals surface area contributed by atoms with Crippen LogP contribution in [0.25, 0.3) is 0 Å². The van der Waals surface area contributed by atoms with Crippen LogP contribution in [0.5, 0.6) is 5.75 Å². The summed E-state index contributed by atoms with van der Waals surface area (Å²) in [6.07, 6.45) is -5.02. The highest BCUT2D eigenvalue weighted by Gasteiger charge is 2.65. The molecule has 0 unspecified atom stereocenters. The molecule has 0 radical (unpaired) electrons. The quantitative estimate of drug-likeness (QED) is 0.564. The van der Waals surface area contributed by atoms with E-state index in [1.54, 1.807) is 6.07 Å². The number of benzene rings is 1. The predicted molar refractivity (Wildman–Crippen MR) is 123 cm³/mol. The standard InChI is InChI=1S/C25H28F5N3O4/c1-14-19(17-4-5-18(26)20(27)21(17)35-3)22(37-24(14,2)25(28,29)30)23(34)32-15-6-7-31-16(12-15)13-33-8-10-36-11-9-33/h4-7,12,14,19,22H,8-11,13H2,1-3H3,(H,31,32,34)/t14-,19-,22+,24+/m0/s1. The first-order chi connectivity index (χ1) is 17.5. The van der Waals surface area contributed by atoms with Crippen molar-refractivity contribution in [2.24, 2.45) is 5.92 Å². The molecule has 3 heterocycles. The Morgan fingerprint density at radius 3 is 2.59 bits per heavy atom. The maximum absolute atomic E-state index is 14.5. The molecule has 7 nitrogen and oxygen atoms in total. The fraction of sp³-hybridized carbons (Fsp3) is 0.520. The number of ether oxygens (including phenoxy) is 3. The number of morpholine rings is 1. The number of hydrogen-bond donors (Lipinski definition) is 1. The number of alkyl halides is 3. The van der Waals surface area contributed by atoms with Crippen LogP contribution in [0, 0.1) is 17.6 Å². The lowest BCUT2D eigenvalue weighted by atomic mass is 9.77. The first kappa shape index (κ1) is 27.2. The van der Waals surface area contributed by atoms with Gasteiger partial charge in [0.1, 0.15) is 6.10 Å². The molecule has 1 aromatic heterocycles. The molecule has 4 rings (SSSR count). The number of nitrogens with zero attached hydrogens (tertiary/aromatic N) is 2. The minimum Gasteiger partial charge on any atom is -0.493 e. The van der Waals surface area contributed by atoms with Crippen LogP contribution in [0.3, 0.4) is 0 Å². The largest absolute Gasteiger partial charge is 0.493 e. The molecule has 2 aromatic rings. The highest BCUT2D eigenvalue weighted by atomic mass is 19.4. The second-order valence-electron chi connectivity index (χ2n) is 9.36. The number of hydrogen-bond acceptors (Lipinski definition) is 6. The van der Waals surface area contributed by atoms with Crippen LogP contribution in [-0.2, 0) is 20.8 Å². The lowest BCUT2D eigenvalue weighted by molar-refractivity contribution is -0.272. The molecular weight excluding hydrogens is 501 g/mol. The second kappa shape index (κ2) is 10.5. The van der Waals surface area contributed by atoms with Crippen molar-refractivity contribution in [3.05, 3.63) is 53.4 Å². The highest BCUT2D eigenvalue weighted by molar-refractivity contribution is 5.95. The third-order valence-electron chi connectivity index (χ3n) is 7.14. The summed E-state index contributed by atoms with van der Waals surface area (Å²) in [5, 5.41) is 2.61. The Labute approximate surface area is 210 Å². The van der Waals surface area contributed by atoms with E-state index in [4.69, 9.17) is 14.2 Å². The number of nitrogens with one attached hydrogen (secondary N) is 1. The Bertz CT molecular complexity index is 1140. The van der Waals surface area contributed by atoms with Crippen molar-refractivity contribution in [3.8, 4) is 5.75 Å². The van der Waals surface area contributed by atoms with Crippen LogP contribution in [0.15, 0.2) is 30.5 Å². The number of carbonyl (C=O) groups excluding carboxylic acids is 1. The van der Waals surface area contributed by atoms with Crippen molar-refractivity contribution in [2.75, 3.05) is 38.7 Å². The van der Waals surface area contributed by atoms with Gasteiger partial charge in [-0.2, -0.15) is 17.6 Å². The first-order valence-corrected chi connectivity index (χ1v) is 11.8. The van der Waals surface area contributed by atoms with Crippen LogP contribution in [0.2, 0.25) is 0 Å². The summed E-state index contributed by atoms with van der Waals surface area (Å²) in [7, 11) is 1.08. The lowest BCUT2D eigenvalue weighted by Crippen LogP contribution is -2.47. The summed E-state index contributed by atoms with van der Waals surface area (Å²) < 4.78 is 86.4. The van der Waals surface area contributed by atoms with Crippen LogP contribution < -0.4 is 10.1 Å². The number of pyridine rings is 1. The summed E-state index contributed by atoms with van der Waals surface area (Å²) in [4.78, 5) is 19.8. The van der Waals surface area contributed by atoms with Gasteiger partial charge in [-0.05, 0) is 25.1 Å². The molecule has 37 heavy (non-hydrogen) atoms. The smallest absolute Gasteiger partial charge is 0.417 e. The molecule has 2 aliphatic rings. The molecule has 4 atom stereocenters. The van der Waals surface area contributed by atoms with Gasteiger partial charge in [-0.3, -0.25) is 14.7 Å². The number of carbonyl (C=O) groups is 1. The number of aromatic nitrogens is 1. The molecule has 1 aromatic carbocycles. The first-order valence-electron chi connectivity index (χ1n) is 11.8. The van der Waals surface area contributed by atoms with Gasteiger partial charge in [0.2, 0.25) is 5.82 Å². The van der Waals surface area contributed by atoms with Gasteiger partial charge in [-0.25, -0.2) is 4.39 Å². The van der Waals surface area contributed by atoms with Crippen molar-refractivity contribution >= 4 is 11.6 Å². The van der Waals surface area contributed by atoms with Gasteiger partial charge in [0.25, 0.3) is 5.91 Å². The molecule has 2 aliphatic heterocycles. The maximum atomic E-state index is 14.5. The van der Waals surface area contributed by atoms with Gasteiger partial charge in [-0.1, -0.05) is 13.0 Å². The van der Waals surface area contributed by atoms with Gasteiger partial charge in [0, 0.05) is 48.9 Å². The van der Waals surface area contributed by atoms with E-state index in [2.05, 4.69) is 15.2 Å². The fourth-order valence-corrected chi connectivity index (χ4v) is 4.88. The summed E-state index contributed by atoms with van der Waals surface area (Å²) in [5.74, 6) is -6.63. The normalized spacial score (nSPS) is 26.8. The maximum Gasteiger partial charge on any atom is 0.417 e. The van der Waals surface area contributed by atoms with Gasteiger partial charge in [-0.15, -0.1) is 0 Å². The average molecular weight is 530 g/mol. The van der Waals surface area contributed by atoms with E-state index in [1.807, 2.05) is 0 Å². The Morgan fingerprint density at radius 2 is 1.95 bits per heavy atom. The SMILES string of the molecule is COc1c([C@H]2[C@H](C(=O)Nc3ccnc(CN4CCOCC4)c3)O[C@@](C)(C(F)(F)F)[C@H]2C)ccc(F)c1F. The Hall–Kier alpha value is -2.83. The van der Waals surface area contributed by atoms with Gasteiger partial charge in [0.15, 0.2) is 17.2 Å². The number of amides is 1. The molecular formula is C25H28F5N3O4. The fourth-order valence-electron chi connectivity index (χ4n) is 4.88. The van der Waals surface area contributed by atoms with Crippen molar-refractivity contribution in [1.82, 2.24) is 9.88 Å². The summed E-state index contributed by atoms with van der Waals surface area (Å²) in [5.41, 5.74) is -1.85. The Morgan fingerprint density at radius 1 is 1.24 bits per heavy atom. The van der Waals surface area contributed by atoms with E-state index in [-0.39, 0.29) is 5.56 Å². The molecule has 2 fully saturated rings. The van der Waals surface area contributed by atoms with E-state index in [1.165, 1.54) is 19.2 Å². The second-order valence-corrected chi connectivity index (χ2v) is 9.36. The summed E-state index contributed by atoms with van der Waals surface area (Å²) in [6, 6.07) is 5.05. The van der Waals surface area contributed by atoms with Crippen molar-refractivity contribution in [1.29, 1.82) is 0 Å². The van der Waals surface area contributed by atoms with Crippen LogP contribution in [0.4, 0.5) is 27.6 Å². The van der Waals surface area contributed by atoms with Gasteiger partial charge < -0.3 is 19.5 Å². The summed E-state index contributed by atoms with van der Waals surface area (Å²) >= 11 is 0. The summed E-state index contributed by atoms with van der Waals surface area (Å²) in [6.45, 7) is 5.25. The van der Waals surface area contributed by atoms with Crippen LogP contribution in [0.1, 0.15) is 31.0 Å². The minimum atomic E-state index is -4.84. The average Bonchev–Trinajstić information content (AvgIpc) is 3.13. The molecule has 12 heteroatoms. The van der Waals surface area contributed by atoms with E-state index < -0.39 is 53.0 Å². The molecule has 1 amide bonds. The molecule has 0 bridgehead atoms. The number of anilines is 1. The van der Waals surface area contributed by atoms with Crippen molar-refractivity contribution in [3.63, 3.8) is 0 Å². The monoisotopic (exact) mass is 529 g/mol. The van der Waals surface area contributed by atoms with Crippen LogP contribution >= 0.6 is 0 Å². The number of methoxy groups -OCH3 is 1. The zero-order valence-electron chi connectivity index (χ0n) is 20.6. The van der Waals surface area contributed by atoms with E-state index in [0.29, 0.717) is 31.1 Å². The van der Waals surface area contributed by atoms with E-state index >= 15 is 0 Å². The number of rotatable bonds is 6. The predicted octanol–water partition coefficient (Wildman–Crippen LogP) is 4.28. The zero-order valence-corrected chi connectivity index (χ0v) is 20.6. The van der Waals surface area contributed by atoms with Crippen molar-refractivity contribution < 1.29 is 41.0 Å². The van der Waals surface area contributed by atoms with E-state index in [0.717, 1.165) is 39.3 Å². The van der Waals surface area contributed by atoms with Gasteiger partial charge >= 0.3 is 6.18 Å². The van der Waals surface area contributed by atoms with Crippen LogP contribution in [-0.4, -0.2) is 67.1 Å². The molecule has 202 valence electrons. The lowest BCUT2D eigenvalue weighted by Gasteiger charge is -2.32. The molecule has 0 saturated carbocycles. The zero-order chi connectivity index (χ0) is 27.0. The minimum absolute atomic E-state index is 0.0928. The van der Waals surface area contributed by atoms with Crippen molar-refractivity contribution in [2.45, 2.75) is 44.2 Å². The highest BCUT2D eigenvalue weighted by Crippen LogP contribution is 2.55. The Balaban J connectivity index is 1.64. The van der Waals surface area contributed by atoms with Gasteiger partial charge in [0.05, 0.1) is 26.0 Å². The number of halogens is 5.